The molecule has 1 amide bonds. The monoisotopic (exact) mass is 486 g/mol. The highest BCUT2D eigenvalue weighted by molar-refractivity contribution is 7.91. The Bertz CT molecular complexity index is 1080. The molecule has 0 aromatic heterocycles. The number of carbonyl (C=O) groups excluding carboxylic acids is 1. The first-order valence-corrected chi connectivity index (χ1v) is 13.7. The molecule has 2 saturated heterocycles. The SMILES string of the molecule is COc1ccc(C=CC(=O)N(CC2CCCO2)C2CCS(=O)(=O)C2)cc1S(=O)(=O)N(C)C. The van der Waals surface area contributed by atoms with Gasteiger partial charge in [0, 0.05) is 39.4 Å². The molecule has 2 fully saturated rings. The molecule has 0 bridgehead atoms. The lowest BCUT2D eigenvalue weighted by atomic mass is 10.1. The molecular weight excluding hydrogens is 456 g/mol. The molecule has 0 saturated carbocycles. The second-order valence-corrected chi connectivity index (χ2v) is 12.6. The van der Waals surface area contributed by atoms with E-state index < -0.39 is 19.9 Å². The van der Waals surface area contributed by atoms with Crippen LogP contribution in [0.2, 0.25) is 0 Å². The van der Waals surface area contributed by atoms with Gasteiger partial charge < -0.3 is 14.4 Å². The molecule has 11 heteroatoms. The van der Waals surface area contributed by atoms with Gasteiger partial charge in [-0.25, -0.2) is 21.1 Å². The number of ether oxygens (including phenoxy) is 2. The minimum atomic E-state index is -3.74. The lowest BCUT2D eigenvalue weighted by Gasteiger charge is -2.29. The molecule has 2 unspecified atom stereocenters. The zero-order valence-corrected chi connectivity index (χ0v) is 20.2. The van der Waals surface area contributed by atoms with E-state index in [-0.39, 0.29) is 40.2 Å². The standard InChI is InChI=1S/C21H30N2O7S2/c1-22(2)32(27,28)20-13-16(6-8-19(20)29-3)7-9-21(24)23(14-18-5-4-11-30-18)17-10-12-31(25,26)15-17/h6-9,13,17-18H,4-5,10-12,14-15H2,1-3H3. The van der Waals surface area contributed by atoms with E-state index in [9.17, 15) is 21.6 Å². The van der Waals surface area contributed by atoms with Crippen molar-refractivity contribution < 1.29 is 31.1 Å². The maximum atomic E-state index is 13.1. The Balaban J connectivity index is 1.84. The second-order valence-electron chi connectivity index (χ2n) is 8.21. The number of nitrogens with zero attached hydrogens (tertiary/aromatic N) is 2. The van der Waals surface area contributed by atoms with E-state index in [0.29, 0.717) is 25.1 Å². The largest absolute Gasteiger partial charge is 0.495 e. The number of hydrogen-bond donors (Lipinski definition) is 0. The fourth-order valence-electron chi connectivity index (χ4n) is 3.91. The Morgan fingerprint density at radius 3 is 2.59 bits per heavy atom. The minimum absolute atomic E-state index is 0.00213. The Morgan fingerprint density at radius 2 is 2.03 bits per heavy atom. The van der Waals surface area contributed by atoms with Gasteiger partial charge in [-0.2, -0.15) is 0 Å². The van der Waals surface area contributed by atoms with Crippen molar-refractivity contribution in [2.75, 3.05) is 45.9 Å². The van der Waals surface area contributed by atoms with E-state index in [4.69, 9.17) is 9.47 Å². The van der Waals surface area contributed by atoms with Crippen molar-refractivity contribution in [3.63, 3.8) is 0 Å². The summed E-state index contributed by atoms with van der Waals surface area (Å²) in [5.74, 6) is -0.0951. The van der Waals surface area contributed by atoms with Gasteiger partial charge in [0.15, 0.2) is 9.84 Å². The van der Waals surface area contributed by atoms with Gasteiger partial charge in [0.2, 0.25) is 15.9 Å². The molecule has 2 atom stereocenters. The molecule has 2 heterocycles. The third kappa shape index (κ3) is 5.69. The average Bonchev–Trinajstić information content (AvgIpc) is 3.38. The quantitative estimate of drug-likeness (QED) is 0.507. The number of sulfonamides is 1. The topological polar surface area (TPSA) is 110 Å². The summed E-state index contributed by atoms with van der Waals surface area (Å²) in [5, 5.41) is 0. The predicted octanol–water partition coefficient (Wildman–Crippen LogP) is 1.15. The fraction of sp³-hybridized carbons (Fsp3) is 0.571. The number of rotatable bonds is 8. The third-order valence-electron chi connectivity index (χ3n) is 5.72. The van der Waals surface area contributed by atoms with Crippen molar-refractivity contribution in [2.24, 2.45) is 0 Å². The van der Waals surface area contributed by atoms with Crippen molar-refractivity contribution in [1.29, 1.82) is 0 Å². The van der Waals surface area contributed by atoms with Gasteiger partial charge in [-0.05, 0) is 43.0 Å². The Hall–Kier alpha value is -1.95. The first-order chi connectivity index (χ1) is 15.0. The summed E-state index contributed by atoms with van der Waals surface area (Å²) in [6.45, 7) is 0.979. The number of carbonyl (C=O) groups is 1. The van der Waals surface area contributed by atoms with Gasteiger partial charge in [0.05, 0.1) is 24.7 Å². The zero-order valence-electron chi connectivity index (χ0n) is 18.6. The molecule has 2 aliphatic rings. The predicted molar refractivity (Wildman–Crippen MR) is 121 cm³/mol. The van der Waals surface area contributed by atoms with Crippen molar-refractivity contribution in [3.8, 4) is 5.75 Å². The van der Waals surface area contributed by atoms with Gasteiger partial charge in [0.25, 0.3) is 0 Å². The second kappa shape index (κ2) is 9.90. The average molecular weight is 487 g/mol. The van der Waals surface area contributed by atoms with E-state index in [1.54, 1.807) is 11.0 Å². The van der Waals surface area contributed by atoms with Crippen LogP contribution in [0.25, 0.3) is 6.08 Å². The highest BCUT2D eigenvalue weighted by atomic mass is 32.2. The lowest BCUT2D eigenvalue weighted by molar-refractivity contribution is -0.129. The summed E-state index contributed by atoms with van der Waals surface area (Å²) in [7, 11) is -2.65. The lowest BCUT2D eigenvalue weighted by Crippen LogP contribution is -2.44. The molecule has 0 aliphatic carbocycles. The van der Waals surface area contributed by atoms with E-state index in [2.05, 4.69) is 0 Å². The maximum Gasteiger partial charge on any atom is 0.246 e. The van der Waals surface area contributed by atoms with Crippen LogP contribution in [-0.4, -0.2) is 90.0 Å². The number of benzene rings is 1. The maximum absolute atomic E-state index is 13.1. The molecule has 178 valence electrons. The smallest absolute Gasteiger partial charge is 0.246 e. The van der Waals surface area contributed by atoms with E-state index in [1.807, 2.05) is 0 Å². The van der Waals surface area contributed by atoms with Gasteiger partial charge in [-0.3, -0.25) is 4.79 Å². The summed E-state index contributed by atoms with van der Waals surface area (Å²) in [6.07, 6.45) is 4.93. The number of amides is 1. The summed E-state index contributed by atoms with van der Waals surface area (Å²) >= 11 is 0. The molecule has 0 spiro atoms. The Labute approximate surface area is 189 Å². The van der Waals surface area contributed by atoms with Crippen LogP contribution in [0, 0.1) is 0 Å². The van der Waals surface area contributed by atoms with Crippen molar-refractivity contribution >= 4 is 31.8 Å². The van der Waals surface area contributed by atoms with E-state index in [0.717, 1.165) is 17.1 Å². The molecule has 0 radical (unpaired) electrons. The summed E-state index contributed by atoms with van der Waals surface area (Å²) in [6, 6.07) is 4.25. The Morgan fingerprint density at radius 1 is 1.28 bits per heavy atom. The highest BCUT2D eigenvalue weighted by Gasteiger charge is 2.35. The van der Waals surface area contributed by atoms with Crippen LogP contribution in [0.15, 0.2) is 29.2 Å². The molecule has 1 aromatic carbocycles. The molecule has 0 N–H and O–H groups in total. The highest BCUT2D eigenvalue weighted by Crippen LogP contribution is 2.28. The number of sulfone groups is 1. The van der Waals surface area contributed by atoms with Crippen LogP contribution in [0.4, 0.5) is 0 Å². The van der Waals surface area contributed by atoms with Gasteiger partial charge in [-0.1, -0.05) is 6.07 Å². The van der Waals surface area contributed by atoms with Crippen molar-refractivity contribution in [3.05, 3.63) is 29.8 Å². The zero-order chi connectivity index (χ0) is 23.5. The van der Waals surface area contributed by atoms with Gasteiger partial charge in [-0.15, -0.1) is 0 Å². The van der Waals surface area contributed by atoms with Crippen LogP contribution < -0.4 is 4.74 Å². The van der Waals surface area contributed by atoms with E-state index in [1.165, 1.54) is 45.5 Å². The van der Waals surface area contributed by atoms with Crippen molar-refractivity contribution in [1.82, 2.24) is 9.21 Å². The van der Waals surface area contributed by atoms with Crippen LogP contribution >= 0.6 is 0 Å². The summed E-state index contributed by atoms with van der Waals surface area (Å²) in [4.78, 5) is 14.6. The third-order valence-corrected chi connectivity index (χ3v) is 9.31. The fourth-order valence-corrected chi connectivity index (χ4v) is 6.72. The molecule has 1 aromatic rings. The normalized spacial score (nSPS) is 23.1. The molecule has 32 heavy (non-hydrogen) atoms. The molecule has 3 rings (SSSR count). The van der Waals surface area contributed by atoms with E-state index >= 15 is 0 Å². The van der Waals surface area contributed by atoms with Gasteiger partial charge in [0.1, 0.15) is 10.6 Å². The molecular formula is C21H30N2O7S2. The first kappa shape index (κ1) is 24.7. The van der Waals surface area contributed by atoms with Crippen LogP contribution in [-0.2, 0) is 29.4 Å². The Kier molecular flexibility index (Phi) is 7.64. The first-order valence-electron chi connectivity index (χ1n) is 10.4. The van der Waals surface area contributed by atoms with Gasteiger partial charge >= 0.3 is 0 Å². The summed E-state index contributed by atoms with van der Waals surface area (Å²) < 4.78 is 61.1. The minimum Gasteiger partial charge on any atom is -0.495 e. The molecule has 2 aliphatic heterocycles. The number of methoxy groups -OCH3 is 1. The summed E-state index contributed by atoms with van der Waals surface area (Å²) in [5.41, 5.74) is 0.510. The van der Waals surface area contributed by atoms with Crippen LogP contribution in [0.1, 0.15) is 24.8 Å². The van der Waals surface area contributed by atoms with Crippen LogP contribution in [0.5, 0.6) is 5.75 Å². The molecule has 9 nitrogen and oxygen atoms in total. The van der Waals surface area contributed by atoms with Crippen LogP contribution in [0.3, 0.4) is 0 Å². The number of hydrogen-bond acceptors (Lipinski definition) is 7. The van der Waals surface area contributed by atoms with Crippen molar-refractivity contribution in [2.45, 2.75) is 36.3 Å².